The van der Waals surface area contributed by atoms with E-state index >= 15 is 0 Å². The van der Waals surface area contributed by atoms with Crippen molar-refractivity contribution in [3.63, 3.8) is 0 Å². The Hall–Kier alpha value is -0.580. The second-order valence-corrected chi connectivity index (χ2v) is 5.96. The molecule has 19 heavy (non-hydrogen) atoms. The molecule has 0 radical (unpaired) electrons. The molecule has 0 bridgehead atoms. The molecule has 0 amide bonds. The molecule has 4 heteroatoms. The van der Waals surface area contributed by atoms with Crippen molar-refractivity contribution in [3.05, 3.63) is 28.7 Å². The van der Waals surface area contributed by atoms with E-state index in [1.54, 1.807) is 7.11 Å². The van der Waals surface area contributed by atoms with Crippen molar-refractivity contribution in [1.82, 2.24) is 4.90 Å². The van der Waals surface area contributed by atoms with E-state index in [-0.39, 0.29) is 0 Å². The van der Waals surface area contributed by atoms with Crippen molar-refractivity contribution in [2.75, 3.05) is 40.0 Å². The van der Waals surface area contributed by atoms with Crippen LogP contribution in [0.5, 0.6) is 5.75 Å². The molecule has 0 aromatic heterocycles. The minimum Gasteiger partial charge on any atom is -0.492 e. The van der Waals surface area contributed by atoms with Gasteiger partial charge in [0.05, 0.1) is 0 Å². The summed E-state index contributed by atoms with van der Waals surface area (Å²) in [5.41, 5.74) is 0. The van der Waals surface area contributed by atoms with Gasteiger partial charge in [-0.15, -0.1) is 0 Å². The maximum atomic E-state index is 5.77. The zero-order valence-corrected chi connectivity index (χ0v) is 13.1. The molecular formula is C15H22BrNO2. The number of hydrogen-bond donors (Lipinski definition) is 0. The van der Waals surface area contributed by atoms with Gasteiger partial charge in [0.1, 0.15) is 12.4 Å². The van der Waals surface area contributed by atoms with Crippen molar-refractivity contribution >= 4 is 15.9 Å². The molecule has 1 saturated heterocycles. The first kappa shape index (κ1) is 14.8. The van der Waals surface area contributed by atoms with Crippen molar-refractivity contribution in [3.8, 4) is 5.75 Å². The van der Waals surface area contributed by atoms with Crippen LogP contribution in [0.4, 0.5) is 0 Å². The monoisotopic (exact) mass is 327 g/mol. The molecule has 0 aliphatic carbocycles. The second-order valence-electron chi connectivity index (χ2n) is 5.05. The van der Waals surface area contributed by atoms with Crippen LogP contribution in [-0.4, -0.2) is 44.9 Å². The maximum absolute atomic E-state index is 5.77. The van der Waals surface area contributed by atoms with Crippen LogP contribution in [0, 0.1) is 5.92 Å². The van der Waals surface area contributed by atoms with Crippen molar-refractivity contribution in [1.29, 1.82) is 0 Å². The molecule has 1 heterocycles. The molecule has 1 aliphatic rings. The summed E-state index contributed by atoms with van der Waals surface area (Å²) in [5.74, 6) is 1.68. The fraction of sp³-hybridized carbons (Fsp3) is 0.600. The highest BCUT2D eigenvalue weighted by molar-refractivity contribution is 9.10. The van der Waals surface area contributed by atoms with Crippen LogP contribution < -0.4 is 4.74 Å². The SMILES string of the molecule is COCC1CCN(CCOc2cccc(Br)c2)CC1. The average molecular weight is 328 g/mol. The molecule has 1 fully saturated rings. The summed E-state index contributed by atoms with van der Waals surface area (Å²) < 4.78 is 12.0. The first-order chi connectivity index (χ1) is 9.28. The van der Waals surface area contributed by atoms with E-state index in [4.69, 9.17) is 9.47 Å². The lowest BCUT2D eigenvalue weighted by Gasteiger charge is -2.31. The van der Waals surface area contributed by atoms with Crippen molar-refractivity contribution < 1.29 is 9.47 Å². The van der Waals surface area contributed by atoms with Gasteiger partial charge >= 0.3 is 0 Å². The second kappa shape index (κ2) is 7.88. The highest BCUT2D eigenvalue weighted by atomic mass is 79.9. The van der Waals surface area contributed by atoms with E-state index < -0.39 is 0 Å². The summed E-state index contributed by atoms with van der Waals surface area (Å²) >= 11 is 3.45. The Kier molecular flexibility index (Phi) is 6.14. The third kappa shape index (κ3) is 5.13. The molecule has 106 valence electrons. The third-order valence-electron chi connectivity index (χ3n) is 3.58. The zero-order valence-electron chi connectivity index (χ0n) is 11.5. The number of rotatable bonds is 6. The fourth-order valence-corrected chi connectivity index (χ4v) is 2.84. The van der Waals surface area contributed by atoms with Crippen LogP contribution in [0.2, 0.25) is 0 Å². The Labute approximate surface area is 124 Å². The highest BCUT2D eigenvalue weighted by Gasteiger charge is 2.18. The van der Waals surface area contributed by atoms with E-state index in [0.717, 1.165) is 49.0 Å². The van der Waals surface area contributed by atoms with Gasteiger partial charge < -0.3 is 9.47 Å². The number of likely N-dealkylation sites (tertiary alicyclic amines) is 1. The fourth-order valence-electron chi connectivity index (χ4n) is 2.46. The van der Waals surface area contributed by atoms with E-state index in [0.29, 0.717) is 0 Å². The van der Waals surface area contributed by atoms with E-state index in [9.17, 15) is 0 Å². The Morgan fingerprint density at radius 3 is 2.79 bits per heavy atom. The number of nitrogens with zero attached hydrogens (tertiary/aromatic N) is 1. The molecule has 1 aromatic rings. The normalized spacial score (nSPS) is 17.6. The number of hydrogen-bond acceptors (Lipinski definition) is 3. The first-order valence-electron chi connectivity index (χ1n) is 6.87. The minimum absolute atomic E-state index is 0.743. The number of methoxy groups -OCH3 is 1. The van der Waals surface area contributed by atoms with Crippen molar-refractivity contribution in [2.24, 2.45) is 5.92 Å². The number of benzene rings is 1. The summed E-state index contributed by atoms with van der Waals surface area (Å²) in [6.45, 7) is 4.99. The smallest absolute Gasteiger partial charge is 0.120 e. The van der Waals surface area contributed by atoms with Gasteiger partial charge in [0.2, 0.25) is 0 Å². The molecule has 2 rings (SSSR count). The summed E-state index contributed by atoms with van der Waals surface area (Å²) in [5, 5.41) is 0. The zero-order chi connectivity index (χ0) is 13.5. The molecule has 1 aromatic carbocycles. The summed E-state index contributed by atoms with van der Waals surface area (Å²) in [6, 6.07) is 8.00. The lowest BCUT2D eigenvalue weighted by molar-refractivity contribution is 0.0928. The Bertz CT molecular complexity index is 378. The number of halogens is 1. The Morgan fingerprint density at radius 2 is 2.11 bits per heavy atom. The van der Waals surface area contributed by atoms with E-state index in [1.807, 2.05) is 24.3 Å². The van der Waals surface area contributed by atoms with Gasteiger partial charge in [0.25, 0.3) is 0 Å². The van der Waals surface area contributed by atoms with Gasteiger partial charge in [0.15, 0.2) is 0 Å². The minimum atomic E-state index is 0.743. The van der Waals surface area contributed by atoms with Gasteiger partial charge in [-0.2, -0.15) is 0 Å². The standard InChI is InChI=1S/C15H22BrNO2/c1-18-12-13-5-7-17(8-6-13)9-10-19-15-4-2-3-14(16)11-15/h2-4,11,13H,5-10,12H2,1H3. The molecule has 0 N–H and O–H groups in total. The number of ether oxygens (including phenoxy) is 2. The first-order valence-corrected chi connectivity index (χ1v) is 7.67. The van der Waals surface area contributed by atoms with Crippen LogP contribution in [-0.2, 0) is 4.74 Å². The molecule has 0 spiro atoms. The topological polar surface area (TPSA) is 21.7 Å². The molecule has 3 nitrogen and oxygen atoms in total. The Morgan fingerprint density at radius 1 is 1.32 bits per heavy atom. The van der Waals surface area contributed by atoms with Crippen LogP contribution in [0.25, 0.3) is 0 Å². The molecule has 0 unspecified atom stereocenters. The third-order valence-corrected chi connectivity index (χ3v) is 4.08. The van der Waals surface area contributed by atoms with Gasteiger partial charge in [-0.05, 0) is 50.0 Å². The molecule has 0 saturated carbocycles. The van der Waals surface area contributed by atoms with Gasteiger partial charge in [-0.1, -0.05) is 22.0 Å². The van der Waals surface area contributed by atoms with Crippen molar-refractivity contribution in [2.45, 2.75) is 12.8 Å². The van der Waals surface area contributed by atoms with E-state index in [1.165, 1.54) is 12.8 Å². The highest BCUT2D eigenvalue weighted by Crippen LogP contribution is 2.19. The molecule has 0 atom stereocenters. The molecular weight excluding hydrogens is 306 g/mol. The van der Waals surface area contributed by atoms with Gasteiger partial charge in [-0.3, -0.25) is 4.90 Å². The van der Waals surface area contributed by atoms with Crippen LogP contribution in [0.3, 0.4) is 0 Å². The summed E-state index contributed by atoms with van der Waals surface area (Å²) in [7, 11) is 1.79. The molecule has 1 aliphatic heterocycles. The number of piperidine rings is 1. The van der Waals surface area contributed by atoms with E-state index in [2.05, 4.69) is 20.8 Å². The van der Waals surface area contributed by atoms with Crippen LogP contribution >= 0.6 is 15.9 Å². The van der Waals surface area contributed by atoms with Crippen LogP contribution in [0.1, 0.15) is 12.8 Å². The quantitative estimate of drug-likeness (QED) is 0.801. The average Bonchev–Trinajstić information content (AvgIpc) is 2.41. The predicted molar refractivity (Wildman–Crippen MR) is 80.7 cm³/mol. The lowest BCUT2D eigenvalue weighted by Crippen LogP contribution is -2.37. The summed E-state index contributed by atoms with van der Waals surface area (Å²) in [4.78, 5) is 2.48. The predicted octanol–water partition coefficient (Wildman–Crippen LogP) is 3.19. The summed E-state index contributed by atoms with van der Waals surface area (Å²) in [6.07, 6.45) is 2.48. The maximum Gasteiger partial charge on any atom is 0.120 e. The van der Waals surface area contributed by atoms with Gasteiger partial charge in [0, 0.05) is 24.7 Å². The van der Waals surface area contributed by atoms with Crippen LogP contribution in [0.15, 0.2) is 28.7 Å². The van der Waals surface area contributed by atoms with Gasteiger partial charge in [-0.25, -0.2) is 0 Å². The Balaban J connectivity index is 1.64. The largest absolute Gasteiger partial charge is 0.492 e. The lowest BCUT2D eigenvalue weighted by atomic mass is 9.98.